The van der Waals surface area contributed by atoms with E-state index in [1.54, 1.807) is 16.8 Å². The molecule has 0 amide bonds. The van der Waals surface area contributed by atoms with E-state index in [1.807, 2.05) is 24.3 Å². The SMILES string of the molecule is CC(C)(c1ccc(Cl)cc1)c1nncs1. The van der Waals surface area contributed by atoms with Gasteiger partial charge in [-0.2, -0.15) is 0 Å². The molecule has 0 saturated heterocycles. The van der Waals surface area contributed by atoms with E-state index in [0.717, 1.165) is 10.0 Å². The van der Waals surface area contributed by atoms with Crippen LogP contribution >= 0.6 is 22.9 Å². The molecule has 1 aromatic carbocycles. The van der Waals surface area contributed by atoms with Crippen molar-refractivity contribution in [3.05, 3.63) is 45.4 Å². The van der Waals surface area contributed by atoms with Gasteiger partial charge < -0.3 is 0 Å². The van der Waals surface area contributed by atoms with Crippen LogP contribution in [0.2, 0.25) is 5.02 Å². The topological polar surface area (TPSA) is 25.8 Å². The summed E-state index contributed by atoms with van der Waals surface area (Å²) in [6, 6.07) is 7.87. The van der Waals surface area contributed by atoms with E-state index in [0.29, 0.717) is 0 Å². The predicted octanol–water partition coefficient (Wildman–Crippen LogP) is 3.52. The van der Waals surface area contributed by atoms with Crippen LogP contribution in [0.4, 0.5) is 0 Å². The van der Waals surface area contributed by atoms with Crippen LogP contribution < -0.4 is 0 Å². The number of hydrogen-bond acceptors (Lipinski definition) is 3. The lowest BCUT2D eigenvalue weighted by atomic mass is 9.85. The predicted molar refractivity (Wildman–Crippen MR) is 63.5 cm³/mol. The molecule has 2 rings (SSSR count). The van der Waals surface area contributed by atoms with Gasteiger partial charge in [-0.1, -0.05) is 23.7 Å². The first kappa shape index (κ1) is 10.6. The maximum absolute atomic E-state index is 5.86. The number of halogens is 1. The first-order valence-corrected chi connectivity index (χ1v) is 5.89. The van der Waals surface area contributed by atoms with E-state index in [-0.39, 0.29) is 5.41 Å². The van der Waals surface area contributed by atoms with Crippen LogP contribution in [0.5, 0.6) is 0 Å². The van der Waals surface area contributed by atoms with E-state index in [9.17, 15) is 0 Å². The molecule has 0 aliphatic rings. The summed E-state index contributed by atoms with van der Waals surface area (Å²) in [6.07, 6.45) is 0. The van der Waals surface area contributed by atoms with Crippen molar-refractivity contribution >= 4 is 22.9 Å². The lowest BCUT2D eigenvalue weighted by Gasteiger charge is -2.21. The lowest BCUT2D eigenvalue weighted by molar-refractivity contribution is 0.626. The van der Waals surface area contributed by atoms with Crippen LogP contribution in [0.15, 0.2) is 29.8 Å². The second-order valence-electron chi connectivity index (χ2n) is 3.88. The van der Waals surface area contributed by atoms with E-state index < -0.39 is 0 Å². The van der Waals surface area contributed by atoms with Crippen molar-refractivity contribution in [3.63, 3.8) is 0 Å². The second-order valence-corrected chi connectivity index (χ2v) is 5.15. The van der Waals surface area contributed by atoms with Gasteiger partial charge in [-0.05, 0) is 31.5 Å². The van der Waals surface area contributed by atoms with Crippen molar-refractivity contribution in [2.75, 3.05) is 0 Å². The quantitative estimate of drug-likeness (QED) is 0.800. The molecule has 78 valence electrons. The zero-order valence-electron chi connectivity index (χ0n) is 8.57. The first-order valence-electron chi connectivity index (χ1n) is 4.63. The minimum absolute atomic E-state index is 0.105. The molecule has 0 spiro atoms. The van der Waals surface area contributed by atoms with Crippen molar-refractivity contribution in [2.24, 2.45) is 0 Å². The second kappa shape index (κ2) is 3.91. The minimum atomic E-state index is -0.105. The molecule has 2 aromatic rings. The Labute approximate surface area is 97.9 Å². The molecule has 0 unspecified atom stereocenters. The highest BCUT2D eigenvalue weighted by Crippen LogP contribution is 2.32. The molecule has 1 aromatic heterocycles. The summed E-state index contributed by atoms with van der Waals surface area (Å²) < 4.78 is 0. The molecule has 0 radical (unpaired) electrons. The lowest BCUT2D eigenvalue weighted by Crippen LogP contribution is -2.18. The maximum atomic E-state index is 5.86. The maximum Gasteiger partial charge on any atom is 0.127 e. The molecule has 0 N–H and O–H groups in total. The van der Waals surface area contributed by atoms with Crippen molar-refractivity contribution < 1.29 is 0 Å². The van der Waals surface area contributed by atoms with Gasteiger partial charge >= 0.3 is 0 Å². The zero-order valence-corrected chi connectivity index (χ0v) is 10.1. The summed E-state index contributed by atoms with van der Waals surface area (Å²) >= 11 is 7.43. The van der Waals surface area contributed by atoms with Gasteiger partial charge in [0, 0.05) is 10.4 Å². The highest BCUT2D eigenvalue weighted by atomic mass is 35.5. The highest BCUT2D eigenvalue weighted by Gasteiger charge is 2.26. The molecular formula is C11H11ClN2S. The van der Waals surface area contributed by atoms with Crippen LogP contribution in [0.25, 0.3) is 0 Å². The highest BCUT2D eigenvalue weighted by molar-refractivity contribution is 7.09. The summed E-state index contributed by atoms with van der Waals surface area (Å²) in [5.41, 5.74) is 2.85. The Morgan fingerprint density at radius 3 is 2.40 bits per heavy atom. The van der Waals surface area contributed by atoms with Crippen LogP contribution in [-0.2, 0) is 5.41 Å². The number of benzene rings is 1. The smallest absolute Gasteiger partial charge is 0.127 e. The van der Waals surface area contributed by atoms with Gasteiger partial charge in [0.15, 0.2) is 0 Å². The molecule has 1 heterocycles. The minimum Gasteiger partial charge on any atom is -0.147 e. The molecule has 0 saturated carbocycles. The van der Waals surface area contributed by atoms with Crippen LogP contribution in [0.3, 0.4) is 0 Å². The molecule has 4 heteroatoms. The third-order valence-corrected chi connectivity index (χ3v) is 3.73. The summed E-state index contributed by atoms with van der Waals surface area (Å²) in [4.78, 5) is 0. The van der Waals surface area contributed by atoms with Gasteiger partial charge in [-0.3, -0.25) is 0 Å². The Morgan fingerprint density at radius 2 is 1.87 bits per heavy atom. The Hall–Kier alpha value is -0.930. The monoisotopic (exact) mass is 238 g/mol. The molecule has 0 fully saturated rings. The molecule has 0 aliphatic carbocycles. The van der Waals surface area contributed by atoms with E-state index in [1.165, 1.54) is 5.56 Å². The normalized spacial score (nSPS) is 11.7. The van der Waals surface area contributed by atoms with Gasteiger partial charge in [-0.15, -0.1) is 21.5 Å². The molecule has 2 nitrogen and oxygen atoms in total. The van der Waals surface area contributed by atoms with Crippen LogP contribution in [0, 0.1) is 0 Å². The Morgan fingerprint density at radius 1 is 1.20 bits per heavy atom. The Bertz CT molecular complexity index is 434. The van der Waals surface area contributed by atoms with Crippen molar-refractivity contribution in [3.8, 4) is 0 Å². The Kier molecular flexibility index (Phi) is 2.76. The van der Waals surface area contributed by atoms with Crippen LogP contribution in [-0.4, -0.2) is 10.2 Å². The fourth-order valence-electron chi connectivity index (χ4n) is 1.44. The van der Waals surface area contributed by atoms with Gasteiger partial charge in [0.25, 0.3) is 0 Å². The number of nitrogens with zero attached hydrogens (tertiary/aromatic N) is 2. The average Bonchev–Trinajstić information content (AvgIpc) is 2.71. The summed E-state index contributed by atoms with van der Waals surface area (Å²) in [6.45, 7) is 4.27. The van der Waals surface area contributed by atoms with E-state index >= 15 is 0 Å². The third-order valence-electron chi connectivity index (χ3n) is 2.46. The van der Waals surface area contributed by atoms with Crippen molar-refractivity contribution in [1.82, 2.24) is 10.2 Å². The molecular weight excluding hydrogens is 228 g/mol. The summed E-state index contributed by atoms with van der Waals surface area (Å²) in [5.74, 6) is 0. The number of hydrogen-bond donors (Lipinski definition) is 0. The fraction of sp³-hybridized carbons (Fsp3) is 0.273. The van der Waals surface area contributed by atoms with Gasteiger partial charge in [0.1, 0.15) is 10.5 Å². The standard InChI is InChI=1S/C11H11ClN2S/c1-11(2,10-14-13-7-15-10)8-3-5-9(12)6-4-8/h3-7H,1-2H3. The number of rotatable bonds is 2. The van der Waals surface area contributed by atoms with E-state index in [2.05, 4.69) is 24.0 Å². The first-order chi connectivity index (χ1) is 7.10. The molecule has 0 atom stereocenters. The molecule has 15 heavy (non-hydrogen) atoms. The third kappa shape index (κ3) is 2.03. The van der Waals surface area contributed by atoms with Gasteiger partial charge in [0.05, 0.1) is 0 Å². The van der Waals surface area contributed by atoms with Crippen LogP contribution in [0.1, 0.15) is 24.4 Å². The fourth-order valence-corrected chi connectivity index (χ4v) is 2.26. The summed E-state index contributed by atoms with van der Waals surface area (Å²) in [5, 5.41) is 9.77. The average molecular weight is 239 g/mol. The molecule has 0 bridgehead atoms. The van der Waals surface area contributed by atoms with Gasteiger partial charge in [0.2, 0.25) is 0 Å². The largest absolute Gasteiger partial charge is 0.147 e. The summed E-state index contributed by atoms with van der Waals surface area (Å²) in [7, 11) is 0. The van der Waals surface area contributed by atoms with Crippen molar-refractivity contribution in [2.45, 2.75) is 19.3 Å². The Balaban J connectivity index is 2.41. The van der Waals surface area contributed by atoms with Gasteiger partial charge in [-0.25, -0.2) is 0 Å². The number of aromatic nitrogens is 2. The van der Waals surface area contributed by atoms with E-state index in [4.69, 9.17) is 11.6 Å². The van der Waals surface area contributed by atoms with Crippen molar-refractivity contribution in [1.29, 1.82) is 0 Å². The zero-order chi connectivity index (χ0) is 10.9. The molecule has 0 aliphatic heterocycles.